The number of anilines is 1. The predicted molar refractivity (Wildman–Crippen MR) is 114 cm³/mol. The number of benzene rings is 2. The van der Waals surface area contributed by atoms with Gasteiger partial charge in [-0.25, -0.2) is 0 Å². The van der Waals surface area contributed by atoms with E-state index in [1.54, 1.807) is 68.8 Å². The van der Waals surface area contributed by atoms with Crippen LogP contribution in [0.1, 0.15) is 15.2 Å². The van der Waals surface area contributed by atoms with Crippen LogP contribution < -0.4 is 20.1 Å². The lowest BCUT2D eigenvalue weighted by molar-refractivity contribution is -0.113. The highest BCUT2D eigenvalue weighted by Crippen LogP contribution is 2.19. The highest BCUT2D eigenvalue weighted by atomic mass is 32.1. The topological polar surface area (TPSA) is 76.7 Å². The summed E-state index contributed by atoms with van der Waals surface area (Å²) in [5.41, 5.74) is 1.11. The van der Waals surface area contributed by atoms with Gasteiger partial charge in [0.2, 0.25) is 0 Å². The van der Waals surface area contributed by atoms with E-state index in [0.717, 1.165) is 4.88 Å². The zero-order valence-electron chi connectivity index (χ0n) is 16.0. The van der Waals surface area contributed by atoms with E-state index in [2.05, 4.69) is 10.6 Å². The van der Waals surface area contributed by atoms with E-state index in [9.17, 15) is 9.59 Å². The highest BCUT2D eigenvalue weighted by molar-refractivity contribution is 7.10. The maximum Gasteiger partial charge on any atom is 0.272 e. The number of nitrogens with one attached hydrogen (secondary N) is 2. The lowest BCUT2D eigenvalue weighted by Gasteiger charge is -2.12. The molecule has 2 aromatic carbocycles. The standard InChI is InChI=1S/C22H20N2O4S/c1-27-17-10-8-15(9-11-17)21(25)24-20(14-19-7-4-12-29-19)22(26)23-16-5-3-6-18(13-16)28-2/h3-14H,1-2H3,(H,23,26)(H,24,25)/b20-14-. The zero-order valence-corrected chi connectivity index (χ0v) is 16.8. The molecule has 0 saturated heterocycles. The van der Waals surface area contributed by atoms with Crippen molar-refractivity contribution in [2.75, 3.05) is 19.5 Å². The van der Waals surface area contributed by atoms with Gasteiger partial charge in [0, 0.05) is 22.2 Å². The molecule has 0 unspecified atom stereocenters. The van der Waals surface area contributed by atoms with Gasteiger partial charge in [-0.05, 0) is 53.9 Å². The van der Waals surface area contributed by atoms with Crippen molar-refractivity contribution in [3.05, 3.63) is 82.2 Å². The van der Waals surface area contributed by atoms with Gasteiger partial charge < -0.3 is 20.1 Å². The van der Waals surface area contributed by atoms with Crippen molar-refractivity contribution < 1.29 is 19.1 Å². The number of hydrogen-bond donors (Lipinski definition) is 2. The molecule has 0 bridgehead atoms. The molecule has 29 heavy (non-hydrogen) atoms. The summed E-state index contributed by atoms with van der Waals surface area (Å²) in [6, 6.07) is 17.4. The molecule has 0 aliphatic rings. The summed E-state index contributed by atoms with van der Waals surface area (Å²) in [5, 5.41) is 7.39. The Hall–Kier alpha value is -3.58. The number of methoxy groups -OCH3 is 2. The van der Waals surface area contributed by atoms with Gasteiger partial charge in [-0.3, -0.25) is 9.59 Å². The number of hydrogen-bond acceptors (Lipinski definition) is 5. The van der Waals surface area contributed by atoms with Gasteiger partial charge in [0.25, 0.3) is 11.8 Å². The van der Waals surface area contributed by atoms with Crippen molar-refractivity contribution in [1.82, 2.24) is 5.32 Å². The minimum Gasteiger partial charge on any atom is -0.497 e. The fourth-order valence-electron chi connectivity index (χ4n) is 2.51. The number of thiophene rings is 1. The summed E-state index contributed by atoms with van der Waals surface area (Å²) in [6.07, 6.45) is 1.64. The first kappa shape index (κ1) is 20.2. The highest BCUT2D eigenvalue weighted by Gasteiger charge is 2.15. The van der Waals surface area contributed by atoms with E-state index in [-0.39, 0.29) is 5.70 Å². The smallest absolute Gasteiger partial charge is 0.272 e. The molecule has 0 saturated carbocycles. The van der Waals surface area contributed by atoms with E-state index < -0.39 is 11.8 Å². The lowest BCUT2D eigenvalue weighted by atomic mass is 10.2. The Morgan fingerprint density at radius 2 is 1.69 bits per heavy atom. The molecule has 0 aliphatic heterocycles. The first-order valence-corrected chi connectivity index (χ1v) is 9.63. The van der Waals surface area contributed by atoms with Crippen molar-refractivity contribution in [1.29, 1.82) is 0 Å². The molecule has 7 heteroatoms. The molecule has 0 fully saturated rings. The van der Waals surface area contributed by atoms with Crippen LogP contribution in [0.4, 0.5) is 5.69 Å². The number of carbonyl (C=O) groups excluding carboxylic acids is 2. The molecule has 2 amide bonds. The minimum absolute atomic E-state index is 0.135. The van der Waals surface area contributed by atoms with Crippen LogP contribution in [0, 0.1) is 0 Å². The maximum atomic E-state index is 12.9. The van der Waals surface area contributed by atoms with Gasteiger partial charge in [0.1, 0.15) is 17.2 Å². The van der Waals surface area contributed by atoms with Gasteiger partial charge >= 0.3 is 0 Å². The molecule has 0 spiro atoms. The van der Waals surface area contributed by atoms with E-state index in [0.29, 0.717) is 22.7 Å². The Morgan fingerprint density at radius 1 is 0.931 bits per heavy atom. The molecule has 2 N–H and O–H groups in total. The van der Waals surface area contributed by atoms with E-state index in [1.165, 1.54) is 11.3 Å². The Labute approximate surface area is 172 Å². The molecular formula is C22H20N2O4S. The summed E-state index contributed by atoms with van der Waals surface area (Å²) < 4.78 is 10.3. The summed E-state index contributed by atoms with van der Waals surface area (Å²) in [4.78, 5) is 26.3. The van der Waals surface area contributed by atoms with Gasteiger partial charge in [-0.15, -0.1) is 11.3 Å². The van der Waals surface area contributed by atoms with Crippen molar-refractivity contribution in [2.24, 2.45) is 0 Å². The second-order valence-electron chi connectivity index (χ2n) is 5.94. The quantitative estimate of drug-likeness (QED) is 0.575. The van der Waals surface area contributed by atoms with Gasteiger partial charge in [0.05, 0.1) is 14.2 Å². The van der Waals surface area contributed by atoms with Crippen LogP contribution in [0.5, 0.6) is 11.5 Å². The molecule has 3 aromatic rings. The van der Waals surface area contributed by atoms with Crippen LogP contribution in [0.2, 0.25) is 0 Å². The third-order valence-electron chi connectivity index (χ3n) is 4.00. The average Bonchev–Trinajstić information content (AvgIpc) is 3.26. The van der Waals surface area contributed by atoms with E-state index >= 15 is 0 Å². The number of rotatable bonds is 7. The first-order valence-electron chi connectivity index (χ1n) is 8.75. The largest absolute Gasteiger partial charge is 0.497 e. The third kappa shape index (κ3) is 5.46. The normalized spacial score (nSPS) is 10.9. The molecule has 0 aliphatic carbocycles. The fourth-order valence-corrected chi connectivity index (χ4v) is 3.17. The molecule has 1 heterocycles. The van der Waals surface area contributed by atoms with E-state index in [4.69, 9.17) is 9.47 Å². The monoisotopic (exact) mass is 408 g/mol. The third-order valence-corrected chi connectivity index (χ3v) is 4.82. The molecular weight excluding hydrogens is 388 g/mol. The van der Waals surface area contributed by atoms with Crippen molar-refractivity contribution >= 4 is 34.9 Å². The second kappa shape index (κ2) is 9.57. The van der Waals surface area contributed by atoms with Crippen molar-refractivity contribution in [2.45, 2.75) is 0 Å². The van der Waals surface area contributed by atoms with Crippen LogP contribution in [-0.2, 0) is 4.79 Å². The SMILES string of the molecule is COc1ccc(C(=O)N/C(=C\c2cccs2)C(=O)Nc2cccc(OC)c2)cc1. The van der Waals surface area contributed by atoms with Crippen LogP contribution in [0.3, 0.4) is 0 Å². The Bertz CT molecular complexity index is 1010. The first-order chi connectivity index (χ1) is 14.1. The van der Waals surface area contributed by atoms with Crippen LogP contribution in [-0.4, -0.2) is 26.0 Å². The fraction of sp³-hybridized carbons (Fsp3) is 0.0909. The van der Waals surface area contributed by atoms with Crippen molar-refractivity contribution in [3.8, 4) is 11.5 Å². The summed E-state index contributed by atoms with van der Waals surface area (Å²) >= 11 is 1.46. The van der Waals surface area contributed by atoms with Gasteiger partial charge in [0.15, 0.2) is 0 Å². The Balaban J connectivity index is 1.82. The summed E-state index contributed by atoms with van der Waals surface area (Å²) in [7, 11) is 3.11. The lowest BCUT2D eigenvalue weighted by Crippen LogP contribution is -2.30. The summed E-state index contributed by atoms with van der Waals surface area (Å²) in [6.45, 7) is 0. The molecule has 0 radical (unpaired) electrons. The van der Waals surface area contributed by atoms with Gasteiger partial charge in [-0.2, -0.15) is 0 Å². The van der Waals surface area contributed by atoms with Crippen molar-refractivity contribution in [3.63, 3.8) is 0 Å². The van der Waals surface area contributed by atoms with Gasteiger partial charge in [-0.1, -0.05) is 12.1 Å². The van der Waals surface area contributed by atoms with Crippen LogP contribution in [0.15, 0.2) is 71.7 Å². The predicted octanol–water partition coefficient (Wildman–Crippen LogP) is 4.17. The molecule has 1 aromatic heterocycles. The van der Waals surface area contributed by atoms with E-state index in [1.807, 2.05) is 17.5 Å². The number of amides is 2. The second-order valence-corrected chi connectivity index (χ2v) is 6.92. The molecule has 6 nitrogen and oxygen atoms in total. The van der Waals surface area contributed by atoms with Crippen LogP contribution >= 0.6 is 11.3 Å². The average molecular weight is 408 g/mol. The Kier molecular flexibility index (Phi) is 6.65. The number of ether oxygens (including phenoxy) is 2. The maximum absolute atomic E-state index is 12.9. The number of carbonyl (C=O) groups is 2. The zero-order chi connectivity index (χ0) is 20.6. The molecule has 148 valence electrons. The molecule has 0 atom stereocenters. The van der Waals surface area contributed by atoms with Crippen LogP contribution in [0.25, 0.3) is 6.08 Å². The molecule has 3 rings (SSSR count). The Morgan fingerprint density at radius 3 is 2.34 bits per heavy atom. The summed E-state index contributed by atoms with van der Waals surface area (Å²) in [5.74, 6) is 0.435. The minimum atomic E-state index is -0.437.